The third-order valence-electron chi connectivity index (χ3n) is 3.51. The average Bonchev–Trinajstić information content (AvgIpc) is 2.87. The van der Waals surface area contributed by atoms with Crippen LogP contribution in [0.15, 0.2) is 0 Å². The number of halogens is 5. The number of primary amides is 1. The lowest BCUT2D eigenvalue weighted by Gasteiger charge is -2.14. The molecule has 0 aromatic carbocycles. The molecule has 4 nitrogen and oxygen atoms in total. The number of nitrogens with zero attached hydrogens (tertiary/aromatic N) is 2. The molecule has 0 saturated heterocycles. The van der Waals surface area contributed by atoms with E-state index in [1.54, 1.807) is 0 Å². The van der Waals surface area contributed by atoms with E-state index in [4.69, 9.17) is 5.73 Å². The molecule has 1 saturated carbocycles. The van der Waals surface area contributed by atoms with E-state index in [1.165, 1.54) is 0 Å². The van der Waals surface area contributed by atoms with Gasteiger partial charge in [0.15, 0.2) is 5.69 Å². The molecule has 0 bridgehead atoms. The quantitative estimate of drug-likeness (QED) is 0.837. The molecule has 0 spiro atoms. The predicted octanol–water partition coefficient (Wildman–Crippen LogP) is 1.60. The van der Waals surface area contributed by atoms with Gasteiger partial charge >= 0.3 is 6.18 Å². The van der Waals surface area contributed by atoms with Crippen LogP contribution in [0.3, 0.4) is 0 Å². The van der Waals surface area contributed by atoms with Crippen molar-refractivity contribution in [3.8, 4) is 0 Å². The van der Waals surface area contributed by atoms with Crippen molar-refractivity contribution in [2.24, 2.45) is 11.7 Å². The molecule has 104 valence electrons. The van der Waals surface area contributed by atoms with Crippen molar-refractivity contribution in [1.82, 2.24) is 9.78 Å². The van der Waals surface area contributed by atoms with E-state index in [0.29, 0.717) is 4.68 Å². The summed E-state index contributed by atoms with van der Waals surface area (Å²) in [7, 11) is 0. The van der Waals surface area contributed by atoms with Gasteiger partial charge in [0, 0.05) is 11.5 Å². The van der Waals surface area contributed by atoms with Crippen molar-refractivity contribution in [2.45, 2.75) is 31.0 Å². The Hall–Kier alpha value is -1.67. The molecule has 1 aromatic rings. The Balaban J connectivity index is 2.19. The van der Waals surface area contributed by atoms with E-state index in [9.17, 15) is 26.7 Å². The molecule has 2 aliphatic carbocycles. The molecule has 3 rings (SSSR count). The molecule has 0 unspecified atom stereocenters. The summed E-state index contributed by atoms with van der Waals surface area (Å²) in [6.07, 6.45) is -4.80. The van der Waals surface area contributed by atoms with Gasteiger partial charge in [-0.15, -0.1) is 0 Å². The molecule has 1 amide bonds. The van der Waals surface area contributed by atoms with Crippen molar-refractivity contribution in [3.63, 3.8) is 0 Å². The number of amides is 1. The lowest BCUT2D eigenvalue weighted by molar-refractivity contribution is -0.142. The standard InChI is InChI=1S/C10H8F5N3O/c11-9(12)4-1-3(4)6-7(10(13,14)15)17-18(8(6)9)2-5(16)19/h3-4H,1-2H2,(H2,16,19)/t3-,4+/m0/s1. The number of carbonyl (C=O) groups excluding carboxylic acids is 1. The van der Waals surface area contributed by atoms with Crippen LogP contribution in [0, 0.1) is 5.92 Å². The van der Waals surface area contributed by atoms with Crippen LogP contribution in [0.2, 0.25) is 0 Å². The predicted molar refractivity (Wildman–Crippen MR) is 51.2 cm³/mol. The van der Waals surface area contributed by atoms with Gasteiger partial charge in [0.25, 0.3) is 5.92 Å². The van der Waals surface area contributed by atoms with Gasteiger partial charge in [0.05, 0.1) is 0 Å². The summed E-state index contributed by atoms with van der Waals surface area (Å²) in [4.78, 5) is 10.8. The number of alkyl halides is 5. The molecule has 9 heteroatoms. The van der Waals surface area contributed by atoms with Crippen molar-refractivity contribution in [2.75, 3.05) is 0 Å². The largest absolute Gasteiger partial charge is 0.435 e. The second-order valence-corrected chi connectivity index (χ2v) is 4.80. The van der Waals surface area contributed by atoms with E-state index >= 15 is 0 Å². The highest BCUT2D eigenvalue weighted by atomic mass is 19.4. The first-order chi connectivity index (χ1) is 8.64. The lowest BCUT2D eigenvalue weighted by atomic mass is 10.1. The molecule has 19 heavy (non-hydrogen) atoms. The Labute approximate surface area is 103 Å². The number of fused-ring (bicyclic) bond motifs is 3. The second-order valence-electron chi connectivity index (χ2n) is 4.80. The third kappa shape index (κ3) is 1.56. The van der Waals surface area contributed by atoms with Gasteiger partial charge < -0.3 is 5.73 Å². The van der Waals surface area contributed by atoms with Gasteiger partial charge in [0.2, 0.25) is 5.91 Å². The lowest BCUT2D eigenvalue weighted by Crippen LogP contribution is -2.26. The highest BCUT2D eigenvalue weighted by molar-refractivity contribution is 5.73. The highest BCUT2D eigenvalue weighted by Crippen LogP contribution is 2.68. The molecule has 0 radical (unpaired) electrons. The minimum atomic E-state index is -4.82. The SMILES string of the molecule is NC(=O)Cn1nc(C(F)(F)F)c2c1C(F)(F)[C@@H]1C[C@H]21. The van der Waals surface area contributed by atoms with Gasteiger partial charge in [-0.2, -0.15) is 27.1 Å². The summed E-state index contributed by atoms with van der Waals surface area (Å²) in [6.45, 7) is -0.784. The van der Waals surface area contributed by atoms with Crippen LogP contribution in [-0.2, 0) is 23.4 Å². The fraction of sp³-hybridized carbons (Fsp3) is 0.600. The van der Waals surface area contributed by atoms with Crippen molar-refractivity contribution in [3.05, 3.63) is 17.0 Å². The van der Waals surface area contributed by atoms with Crippen LogP contribution in [0.5, 0.6) is 0 Å². The minimum Gasteiger partial charge on any atom is -0.368 e. The monoisotopic (exact) mass is 281 g/mol. The van der Waals surface area contributed by atoms with Gasteiger partial charge in [0.1, 0.15) is 12.2 Å². The maximum absolute atomic E-state index is 13.9. The summed E-state index contributed by atoms with van der Waals surface area (Å²) in [5, 5.41) is 3.13. The van der Waals surface area contributed by atoms with Crippen LogP contribution in [0.4, 0.5) is 22.0 Å². The van der Waals surface area contributed by atoms with E-state index in [0.717, 1.165) is 0 Å². The number of rotatable bonds is 2. The molecule has 2 atom stereocenters. The van der Waals surface area contributed by atoms with Gasteiger partial charge in [-0.25, -0.2) is 0 Å². The molecule has 2 N–H and O–H groups in total. The fourth-order valence-electron chi connectivity index (χ4n) is 2.74. The van der Waals surface area contributed by atoms with Crippen LogP contribution in [0.25, 0.3) is 0 Å². The van der Waals surface area contributed by atoms with Crippen LogP contribution >= 0.6 is 0 Å². The first-order valence-electron chi connectivity index (χ1n) is 5.48. The topological polar surface area (TPSA) is 60.9 Å². The van der Waals surface area contributed by atoms with E-state index in [-0.39, 0.29) is 6.42 Å². The van der Waals surface area contributed by atoms with E-state index in [2.05, 4.69) is 5.10 Å². The Morgan fingerprint density at radius 3 is 2.63 bits per heavy atom. The van der Waals surface area contributed by atoms with Gasteiger partial charge in [-0.3, -0.25) is 9.48 Å². The number of nitrogens with two attached hydrogens (primary N) is 1. The molecule has 1 fully saturated rings. The number of aromatic nitrogens is 2. The van der Waals surface area contributed by atoms with E-state index < -0.39 is 53.3 Å². The summed E-state index contributed by atoms with van der Waals surface area (Å²) in [5.74, 6) is -6.33. The Morgan fingerprint density at radius 1 is 1.47 bits per heavy atom. The zero-order chi connectivity index (χ0) is 14.2. The molecule has 1 heterocycles. The third-order valence-corrected chi connectivity index (χ3v) is 3.51. The van der Waals surface area contributed by atoms with Crippen molar-refractivity contribution >= 4 is 5.91 Å². The second kappa shape index (κ2) is 3.26. The van der Waals surface area contributed by atoms with Gasteiger partial charge in [-0.1, -0.05) is 0 Å². The van der Waals surface area contributed by atoms with Crippen molar-refractivity contribution < 1.29 is 26.7 Å². The number of hydrogen-bond donors (Lipinski definition) is 1. The van der Waals surface area contributed by atoms with Crippen LogP contribution in [-0.4, -0.2) is 15.7 Å². The summed E-state index contributed by atoms with van der Waals surface area (Å²) in [6, 6.07) is 0. The summed E-state index contributed by atoms with van der Waals surface area (Å²) < 4.78 is 66.6. The molecular weight excluding hydrogens is 273 g/mol. The summed E-state index contributed by atoms with van der Waals surface area (Å²) >= 11 is 0. The molecular formula is C10H8F5N3O. The maximum Gasteiger partial charge on any atom is 0.435 e. The van der Waals surface area contributed by atoms with E-state index in [1.807, 2.05) is 0 Å². The van der Waals surface area contributed by atoms with Gasteiger partial charge in [-0.05, 0) is 12.3 Å². The fourth-order valence-corrected chi connectivity index (χ4v) is 2.74. The molecule has 2 aliphatic rings. The Kier molecular flexibility index (Phi) is 2.12. The van der Waals surface area contributed by atoms with Crippen molar-refractivity contribution in [1.29, 1.82) is 0 Å². The minimum absolute atomic E-state index is 0.0192. The highest BCUT2D eigenvalue weighted by Gasteiger charge is 2.68. The van der Waals surface area contributed by atoms with Crippen LogP contribution in [0.1, 0.15) is 29.3 Å². The zero-order valence-corrected chi connectivity index (χ0v) is 9.34. The van der Waals surface area contributed by atoms with Crippen LogP contribution < -0.4 is 5.73 Å². The smallest absolute Gasteiger partial charge is 0.368 e. The zero-order valence-electron chi connectivity index (χ0n) is 9.34. The average molecular weight is 281 g/mol. The summed E-state index contributed by atoms with van der Waals surface area (Å²) in [5.41, 5.74) is 2.25. The molecule has 1 aromatic heterocycles. The first-order valence-corrected chi connectivity index (χ1v) is 5.48. The number of hydrogen-bond acceptors (Lipinski definition) is 2. The Bertz CT molecular complexity index is 576. The first kappa shape index (κ1) is 12.4. The Morgan fingerprint density at radius 2 is 2.11 bits per heavy atom. The number of carbonyl (C=O) groups is 1. The normalized spacial score (nSPS) is 27.0. The molecule has 0 aliphatic heterocycles. The maximum atomic E-state index is 13.9.